The Kier molecular flexibility index (Phi) is 5.45. The number of anilines is 2. The van der Waals surface area contributed by atoms with Gasteiger partial charge in [-0.05, 0) is 24.1 Å². The summed E-state index contributed by atoms with van der Waals surface area (Å²) in [5.74, 6) is 0.302. The molecule has 1 aromatic rings. The van der Waals surface area contributed by atoms with E-state index in [0.717, 1.165) is 0 Å². The van der Waals surface area contributed by atoms with E-state index in [2.05, 4.69) is 10.6 Å². The Labute approximate surface area is 108 Å². The lowest BCUT2D eigenvalue weighted by atomic mass is 10.1. The molecule has 18 heavy (non-hydrogen) atoms. The minimum Gasteiger partial charge on any atom is -0.399 e. The first-order chi connectivity index (χ1) is 8.52. The third-order valence-corrected chi connectivity index (χ3v) is 2.61. The zero-order valence-electron chi connectivity index (χ0n) is 11.1. The molecule has 4 N–H and O–H groups in total. The SMILES string of the molecule is COCC(NC(=O)Nc1cccc(N)c1)C(C)C. The van der Waals surface area contributed by atoms with Crippen molar-refractivity contribution < 1.29 is 9.53 Å². The first kappa shape index (κ1) is 14.3. The fourth-order valence-corrected chi connectivity index (χ4v) is 1.53. The van der Waals surface area contributed by atoms with Crippen molar-refractivity contribution in [1.29, 1.82) is 0 Å². The number of carbonyl (C=O) groups excluding carboxylic acids is 1. The van der Waals surface area contributed by atoms with Gasteiger partial charge in [0.15, 0.2) is 0 Å². The van der Waals surface area contributed by atoms with Gasteiger partial charge in [0.2, 0.25) is 0 Å². The molecule has 0 saturated heterocycles. The number of nitrogen functional groups attached to an aromatic ring is 1. The molecule has 0 aliphatic heterocycles. The largest absolute Gasteiger partial charge is 0.399 e. The average Bonchev–Trinajstić information content (AvgIpc) is 2.28. The van der Waals surface area contributed by atoms with Crippen molar-refractivity contribution >= 4 is 17.4 Å². The van der Waals surface area contributed by atoms with Gasteiger partial charge in [-0.25, -0.2) is 4.79 Å². The number of methoxy groups -OCH3 is 1. The van der Waals surface area contributed by atoms with E-state index < -0.39 is 0 Å². The minimum absolute atomic E-state index is 0.0175. The Morgan fingerprint density at radius 1 is 1.44 bits per heavy atom. The fraction of sp³-hybridized carbons (Fsp3) is 0.462. The van der Waals surface area contributed by atoms with Crippen molar-refractivity contribution in [3.05, 3.63) is 24.3 Å². The standard InChI is InChI=1S/C13H21N3O2/c1-9(2)12(8-18-3)16-13(17)15-11-6-4-5-10(14)7-11/h4-7,9,12H,8,14H2,1-3H3,(H2,15,16,17). The molecule has 0 bridgehead atoms. The van der Waals surface area contributed by atoms with E-state index in [1.165, 1.54) is 0 Å². The van der Waals surface area contributed by atoms with E-state index in [9.17, 15) is 4.79 Å². The molecule has 1 aromatic carbocycles. The maximum Gasteiger partial charge on any atom is 0.319 e. The van der Waals surface area contributed by atoms with Gasteiger partial charge >= 0.3 is 6.03 Å². The summed E-state index contributed by atoms with van der Waals surface area (Å²) >= 11 is 0. The molecule has 0 aliphatic carbocycles. The van der Waals surface area contributed by atoms with Gasteiger partial charge in [0.05, 0.1) is 12.6 Å². The number of ether oxygens (including phenoxy) is 1. The summed E-state index contributed by atoms with van der Waals surface area (Å²) in [6.07, 6.45) is 0. The molecule has 0 aromatic heterocycles. The van der Waals surface area contributed by atoms with Crippen LogP contribution >= 0.6 is 0 Å². The second kappa shape index (κ2) is 6.86. The first-order valence-corrected chi connectivity index (χ1v) is 5.95. The molecule has 0 radical (unpaired) electrons. The third kappa shape index (κ3) is 4.63. The van der Waals surface area contributed by atoms with Gasteiger partial charge in [0, 0.05) is 18.5 Å². The van der Waals surface area contributed by atoms with Crippen LogP contribution in [0.4, 0.5) is 16.2 Å². The van der Waals surface area contributed by atoms with Crippen LogP contribution in [0.15, 0.2) is 24.3 Å². The predicted molar refractivity (Wildman–Crippen MR) is 73.5 cm³/mol. The minimum atomic E-state index is -0.253. The fourth-order valence-electron chi connectivity index (χ4n) is 1.53. The monoisotopic (exact) mass is 251 g/mol. The molecule has 0 spiro atoms. The highest BCUT2D eigenvalue weighted by molar-refractivity contribution is 5.89. The highest BCUT2D eigenvalue weighted by Gasteiger charge is 2.15. The van der Waals surface area contributed by atoms with Crippen LogP contribution in [0.25, 0.3) is 0 Å². The van der Waals surface area contributed by atoms with Crippen LogP contribution in [-0.4, -0.2) is 25.8 Å². The van der Waals surface area contributed by atoms with Crippen LogP contribution in [0.3, 0.4) is 0 Å². The topological polar surface area (TPSA) is 76.4 Å². The number of rotatable bonds is 5. The molecular weight excluding hydrogens is 230 g/mol. The summed E-state index contributed by atoms with van der Waals surface area (Å²) in [6, 6.07) is 6.79. The number of nitrogens with one attached hydrogen (secondary N) is 2. The zero-order chi connectivity index (χ0) is 13.5. The number of nitrogens with two attached hydrogens (primary N) is 1. The first-order valence-electron chi connectivity index (χ1n) is 5.95. The lowest BCUT2D eigenvalue weighted by Gasteiger charge is -2.21. The van der Waals surface area contributed by atoms with Crippen molar-refractivity contribution in [3.63, 3.8) is 0 Å². The quantitative estimate of drug-likeness (QED) is 0.701. The summed E-state index contributed by atoms with van der Waals surface area (Å²) in [4.78, 5) is 11.8. The normalized spacial score (nSPS) is 12.2. The van der Waals surface area contributed by atoms with Gasteiger partial charge in [-0.1, -0.05) is 19.9 Å². The third-order valence-electron chi connectivity index (χ3n) is 2.61. The van der Waals surface area contributed by atoms with Crippen LogP contribution in [0.1, 0.15) is 13.8 Å². The molecule has 100 valence electrons. The highest BCUT2D eigenvalue weighted by Crippen LogP contribution is 2.11. The van der Waals surface area contributed by atoms with Crippen LogP contribution in [0.5, 0.6) is 0 Å². The summed E-state index contributed by atoms with van der Waals surface area (Å²) in [5.41, 5.74) is 6.93. The van der Waals surface area contributed by atoms with E-state index in [0.29, 0.717) is 23.9 Å². The Morgan fingerprint density at radius 3 is 2.72 bits per heavy atom. The molecule has 1 rings (SSSR count). The van der Waals surface area contributed by atoms with E-state index in [1.54, 1.807) is 31.4 Å². The van der Waals surface area contributed by atoms with Gasteiger partial charge < -0.3 is 21.1 Å². The lowest BCUT2D eigenvalue weighted by molar-refractivity contribution is 0.150. The van der Waals surface area contributed by atoms with Crippen molar-refractivity contribution in [2.24, 2.45) is 5.92 Å². The Morgan fingerprint density at radius 2 is 2.17 bits per heavy atom. The molecule has 0 saturated carbocycles. The van der Waals surface area contributed by atoms with Crippen LogP contribution in [0, 0.1) is 5.92 Å². The van der Waals surface area contributed by atoms with Gasteiger partial charge in [0.25, 0.3) is 0 Å². The number of amides is 2. The molecule has 0 heterocycles. The zero-order valence-corrected chi connectivity index (χ0v) is 11.1. The highest BCUT2D eigenvalue weighted by atomic mass is 16.5. The van der Waals surface area contributed by atoms with Gasteiger partial charge in [-0.3, -0.25) is 0 Å². The number of benzene rings is 1. The number of hydrogen-bond donors (Lipinski definition) is 3. The smallest absolute Gasteiger partial charge is 0.319 e. The van der Waals surface area contributed by atoms with Gasteiger partial charge in [-0.2, -0.15) is 0 Å². The second-order valence-electron chi connectivity index (χ2n) is 4.53. The molecule has 2 amide bonds. The average molecular weight is 251 g/mol. The van der Waals surface area contributed by atoms with E-state index in [-0.39, 0.29) is 12.1 Å². The number of carbonyl (C=O) groups is 1. The molecule has 5 heteroatoms. The summed E-state index contributed by atoms with van der Waals surface area (Å²) in [7, 11) is 1.62. The number of hydrogen-bond acceptors (Lipinski definition) is 3. The Balaban J connectivity index is 2.55. The van der Waals surface area contributed by atoms with Crippen molar-refractivity contribution in [3.8, 4) is 0 Å². The maximum atomic E-state index is 11.8. The molecule has 0 fully saturated rings. The summed E-state index contributed by atoms with van der Waals surface area (Å²) in [5, 5.41) is 5.61. The molecule has 1 atom stereocenters. The second-order valence-corrected chi connectivity index (χ2v) is 4.53. The van der Waals surface area contributed by atoms with Crippen molar-refractivity contribution in [1.82, 2.24) is 5.32 Å². The van der Waals surface area contributed by atoms with Crippen molar-refractivity contribution in [2.45, 2.75) is 19.9 Å². The predicted octanol–water partition coefficient (Wildman–Crippen LogP) is 2.06. The van der Waals surface area contributed by atoms with Crippen molar-refractivity contribution in [2.75, 3.05) is 24.8 Å². The van der Waals surface area contributed by atoms with E-state index in [4.69, 9.17) is 10.5 Å². The number of urea groups is 1. The van der Waals surface area contributed by atoms with E-state index in [1.807, 2.05) is 13.8 Å². The van der Waals surface area contributed by atoms with E-state index >= 15 is 0 Å². The summed E-state index contributed by atoms with van der Waals surface area (Å²) in [6.45, 7) is 4.55. The maximum absolute atomic E-state index is 11.8. The molecular formula is C13H21N3O2. The molecule has 1 unspecified atom stereocenters. The lowest BCUT2D eigenvalue weighted by Crippen LogP contribution is -2.43. The van der Waals surface area contributed by atoms with Crippen LogP contribution in [0.2, 0.25) is 0 Å². The van der Waals surface area contributed by atoms with Gasteiger partial charge in [-0.15, -0.1) is 0 Å². The summed E-state index contributed by atoms with van der Waals surface area (Å²) < 4.78 is 5.07. The van der Waals surface area contributed by atoms with Gasteiger partial charge in [0.1, 0.15) is 0 Å². The Bertz CT molecular complexity index is 394. The Hall–Kier alpha value is -1.75. The molecule has 0 aliphatic rings. The van der Waals surface area contributed by atoms with Crippen LogP contribution < -0.4 is 16.4 Å². The van der Waals surface area contributed by atoms with Crippen LogP contribution in [-0.2, 0) is 4.74 Å². The molecule has 5 nitrogen and oxygen atoms in total.